The molecule has 2 aliphatic rings. The van der Waals surface area contributed by atoms with Crippen LogP contribution < -0.4 is 5.32 Å². The number of aromatic nitrogens is 2. The van der Waals surface area contributed by atoms with E-state index in [1.54, 1.807) is 24.3 Å². The smallest absolute Gasteiger partial charge is 0.253 e. The van der Waals surface area contributed by atoms with E-state index in [-0.39, 0.29) is 17.7 Å². The number of amides is 2. The predicted molar refractivity (Wildman–Crippen MR) is 111 cm³/mol. The second-order valence-electron chi connectivity index (χ2n) is 8.04. The molecule has 0 saturated carbocycles. The molecule has 2 amide bonds. The normalized spacial score (nSPS) is 19.5. The van der Waals surface area contributed by atoms with Gasteiger partial charge in [0.15, 0.2) is 0 Å². The number of carbonyl (C=O) groups is 2. The lowest BCUT2D eigenvalue weighted by molar-refractivity contribution is -0.114. The Labute approximate surface area is 171 Å². The maximum atomic E-state index is 13.0. The molecular formula is C22H27N5O2. The minimum absolute atomic E-state index is 0.0173. The highest BCUT2D eigenvalue weighted by molar-refractivity contribution is 5.95. The van der Waals surface area contributed by atoms with Gasteiger partial charge in [0.05, 0.1) is 0 Å². The van der Waals surface area contributed by atoms with Crippen molar-refractivity contribution in [2.45, 2.75) is 38.6 Å². The molecule has 3 heterocycles. The summed E-state index contributed by atoms with van der Waals surface area (Å²) in [5.74, 6) is 0.937. The summed E-state index contributed by atoms with van der Waals surface area (Å²) in [5.41, 5.74) is 3.70. The lowest BCUT2D eigenvalue weighted by Crippen LogP contribution is -2.39. The molecule has 1 atom stereocenters. The molecule has 1 aromatic carbocycles. The molecule has 2 aromatic rings. The summed E-state index contributed by atoms with van der Waals surface area (Å²) < 4.78 is 0. The first-order valence-electron chi connectivity index (χ1n) is 10.2. The van der Waals surface area contributed by atoms with Gasteiger partial charge in [0.2, 0.25) is 5.91 Å². The number of nitrogens with one attached hydrogen (secondary N) is 1. The van der Waals surface area contributed by atoms with Crippen LogP contribution in [-0.4, -0.2) is 58.3 Å². The Kier molecular flexibility index (Phi) is 5.58. The van der Waals surface area contributed by atoms with Crippen LogP contribution in [0.4, 0.5) is 5.69 Å². The first-order valence-corrected chi connectivity index (χ1v) is 10.2. The predicted octanol–water partition coefficient (Wildman–Crippen LogP) is 2.44. The van der Waals surface area contributed by atoms with E-state index in [0.29, 0.717) is 17.8 Å². The molecule has 7 heteroatoms. The van der Waals surface area contributed by atoms with Crippen LogP contribution in [0.5, 0.6) is 0 Å². The van der Waals surface area contributed by atoms with E-state index in [4.69, 9.17) is 4.98 Å². The van der Waals surface area contributed by atoms with E-state index in [1.165, 1.54) is 12.5 Å². The van der Waals surface area contributed by atoms with Gasteiger partial charge in [-0.05, 0) is 44.2 Å². The molecule has 0 radical (unpaired) electrons. The van der Waals surface area contributed by atoms with Crippen LogP contribution in [0, 0.1) is 0 Å². The number of carbonyl (C=O) groups excluding carboxylic acids is 2. The Morgan fingerprint density at radius 3 is 2.72 bits per heavy atom. The van der Waals surface area contributed by atoms with Crippen molar-refractivity contribution in [3.8, 4) is 0 Å². The summed E-state index contributed by atoms with van der Waals surface area (Å²) in [5, 5.41) is 2.72. The van der Waals surface area contributed by atoms with Gasteiger partial charge >= 0.3 is 0 Å². The number of piperidine rings is 1. The monoisotopic (exact) mass is 393 g/mol. The molecule has 1 fully saturated rings. The molecule has 0 bridgehead atoms. The Hall–Kier alpha value is -2.80. The SMILES string of the molecule is CC(=O)Nc1ccc(C(=O)N2CCC[C@@H](c3ncc4c(n3)CCN(C)C4)C2)cc1. The van der Waals surface area contributed by atoms with E-state index in [9.17, 15) is 9.59 Å². The number of anilines is 1. The van der Waals surface area contributed by atoms with Crippen molar-refractivity contribution < 1.29 is 9.59 Å². The zero-order valence-corrected chi connectivity index (χ0v) is 17.0. The van der Waals surface area contributed by atoms with Crippen molar-refractivity contribution in [1.29, 1.82) is 0 Å². The van der Waals surface area contributed by atoms with Crippen LogP contribution in [0.1, 0.15) is 53.1 Å². The average molecular weight is 393 g/mol. The van der Waals surface area contributed by atoms with Crippen molar-refractivity contribution in [2.75, 3.05) is 32.0 Å². The van der Waals surface area contributed by atoms with Crippen molar-refractivity contribution in [2.24, 2.45) is 0 Å². The highest BCUT2D eigenvalue weighted by atomic mass is 16.2. The van der Waals surface area contributed by atoms with E-state index in [1.807, 2.05) is 11.1 Å². The first-order chi connectivity index (χ1) is 14.0. The number of likely N-dealkylation sites (tertiary alicyclic amines) is 1. The summed E-state index contributed by atoms with van der Waals surface area (Å²) in [6.45, 7) is 4.78. The number of nitrogens with zero attached hydrogens (tertiary/aromatic N) is 4. The van der Waals surface area contributed by atoms with E-state index in [0.717, 1.165) is 50.4 Å². The molecule has 2 aliphatic heterocycles. The summed E-state index contributed by atoms with van der Waals surface area (Å²) in [7, 11) is 2.12. The van der Waals surface area contributed by atoms with Crippen molar-refractivity contribution in [3.05, 3.63) is 53.1 Å². The van der Waals surface area contributed by atoms with Gasteiger partial charge in [-0.25, -0.2) is 9.97 Å². The molecular weight excluding hydrogens is 366 g/mol. The van der Waals surface area contributed by atoms with Crippen LogP contribution in [0.3, 0.4) is 0 Å². The summed E-state index contributed by atoms with van der Waals surface area (Å²) >= 11 is 0. The van der Waals surface area contributed by atoms with E-state index < -0.39 is 0 Å². The topological polar surface area (TPSA) is 78.4 Å². The first kappa shape index (κ1) is 19.5. The fourth-order valence-electron chi connectivity index (χ4n) is 4.12. The molecule has 0 unspecified atom stereocenters. The van der Waals surface area contributed by atoms with Gasteiger partial charge in [0, 0.05) is 74.1 Å². The van der Waals surface area contributed by atoms with Crippen molar-refractivity contribution in [1.82, 2.24) is 19.8 Å². The molecule has 0 spiro atoms. The number of benzene rings is 1. The summed E-state index contributed by atoms with van der Waals surface area (Å²) in [4.78, 5) is 37.8. The van der Waals surface area contributed by atoms with Crippen LogP contribution in [0.15, 0.2) is 30.5 Å². The molecule has 152 valence electrons. The van der Waals surface area contributed by atoms with E-state index in [2.05, 4.69) is 22.2 Å². The fourth-order valence-corrected chi connectivity index (χ4v) is 4.12. The molecule has 4 rings (SSSR count). The highest BCUT2D eigenvalue weighted by Crippen LogP contribution is 2.27. The van der Waals surface area contributed by atoms with Crippen molar-refractivity contribution in [3.63, 3.8) is 0 Å². The molecule has 7 nitrogen and oxygen atoms in total. The van der Waals surface area contributed by atoms with Crippen LogP contribution in [0.2, 0.25) is 0 Å². The highest BCUT2D eigenvalue weighted by Gasteiger charge is 2.28. The Morgan fingerprint density at radius 2 is 1.97 bits per heavy atom. The second-order valence-corrected chi connectivity index (χ2v) is 8.04. The molecule has 1 saturated heterocycles. The minimum Gasteiger partial charge on any atom is -0.338 e. The standard InChI is InChI=1S/C22H27N5O2/c1-15(28)24-19-7-5-16(6-8-19)22(29)27-10-3-4-17(14-27)21-23-12-18-13-26(2)11-9-20(18)25-21/h5-8,12,17H,3-4,9-11,13-14H2,1-2H3,(H,24,28)/t17-/m1/s1. The van der Waals surface area contributed by atoms with Crippen LogP contribution >= 0.6 is 0 Å². The van der Waals surface area contributed by atoms with Gasteiger partial charge in [-0.1, -0.05) is 0 Å². The van der Waals surface area contributed by atoms with Gasteiger partial charge in [-0.2, -0.15) is 0 Å². The summed E-state index contributed by atoms with van der Waals surface area (Å²) in [6.07, 6.45) is 4.87. The van der Waals surface area contributed by atoms with Gasteiger partial charge in [-0.3, -0.25) is 9.59 Å². The number of fused-ring (bicyclic) bond motifs is 1. The average Bonchev–Trinajstić information content (AvgIpc) is 2.73. The zero-order chi connectivity index (χ0) is 20.4. The van der Waals surface area contributed by atoms with Gasteiger partial charge in [-0.15, -0.1) is 0 Å². The number of hydrogen-bond acceptors (Lipinski definition) is 5. The number of rotatable bonds is 3. The maximum Gasteiger partial charge on any atom is 0.253 e. The third kappa shape index (κ3) is 4.45. The Bertz CT molecular complexity index is 912. The largest absolute Gasteiger partial charge is 0.338 e. The third-order valence-electron chi connectivity index (χ3n) is 5.67. The quantitative estimate of drug-likeness (QED) is 0.867. The van der Waals surface area contributed by atoms with Crippen LogP contribution in [0.25, 0.3) is 0 Å². The summed E-state index contributed by atoms with van der Waals surface area (Å²) in [6, 6.07) is 7.06. The third-order valence-corrected chi connectivity index (χ3v) is 5.67. The molecule has 1 aromatic heterocycles. The van der Waals surface area contributed by atoms with E-state index >= 15 is 0 Å². The Balaban J connectivity index is 1.45. The van der Waals surface area contributed by atoms with Crippen LogP contribution in [-0.2, 0) is 17.8 Å². The maximum absolute atomic E-state index is 13.0. The Morgan fingerprint density at radius 1 is 1.17 bits per heavy atom. The molecule has 1 N–H and O–H groups in total. The van der Waals surface area contributed by atoms with Gasteiger partial charge < -0.3 is 15.1 Å². The van der Waals surface area contributed by atoms with Crippen molar-refractivity contribution >= 4 is 17.5 Å². The lowest BCUT2D eigenvalue weighted by Gasteiger charge is -2.33. The van der Waals surface area contributed by atoms with Gasteiger partial charge in [0.1, 0.15) is 5.82 Å². The molecule has 0 aliphatic carbocycles. The number of likely N-dealkylation sites (N-methyl/N-ethyl adjacent to an activating group) is 1. The number of hydrogen-bond donors (Lipinski definition) is 1. The second kappa shape index (κ2) is 8.29. The fraction of sp³-hybridized carbons (Fsp3) is 0.455. The lowest BCUT2D eigenvalue weighted by atomic mass is 9.95. The van der Waals surface area contributed by atoms with Gasteiger partial charge in [0.25, 0.3) is 5.91 Å². The molecule has 29 heavy (non-hydrogen) atoms. The minimum atomic E-state index is -0.125. The zero-order valence-electron chi connectivity index (χ0n) is 17.0.